The SMILES string of the molecule is C[C@H](C/C=C\[C@H](C[C@@H]1O[C@@H]2CO[C@@H](c3ccccc3)O[C@H]2CC[C@@]1(C)O[Si](C)(C)C)O[Si](C)(C)C(C)(C)C)[C@H](O)[C@@H](C)CCOCc1ccccc1. The van der Waals surface area contributed by atoms with Crippen LogP contribution in [0.3, 0.4) is 0 Å². The van der Waals surface area contributed by atoms with Crippen LogP contribution in [-0.4, -0.2) is 71.1 Å². The molecule has 9 atom stereocenters. The van der Waals surface area contributed by atoms with E-state index >= 15 is 0 Å². The molecule has 52 heavy (non-hydrogen) atoms. The summed E-state index contributed by atoms with van der Waals surface area (Å²) in [5.74, 6) is 0.227. The van der Waals surface area contributed by atoms with Crippen molar-refractivity contribution in [1.82, 2.24) is 0 Å². The van der Waals surface area contributed by atoms with Gasteiger partial charge in [-0.25, -0.2) is 0 Å². The van der Waals surface area contributed by atoms with Crippen molar-refractivity contribution >= 4 is 16.6 Å². The number of allylic oxidation sites excluding steroid dienone is 1. The van der Waals surface area contributed by atoms with Crippen LogP contribution >= 0.6 is 0 Å². The molecule has 0 aromatic heterocycles. The van der Waals surface area contributed by atoms with Gasteiger partial charge in [0.2, 0.25) is 0 Å². The molecule has 2 aliphatic heterocycles. The number of ether oxygens (including phenoxy) is 4. The fourth-order valence-electron chi connectivity index (χ4n) is 7.09. The van der Waals surface area contributed by atoms with Gasteiger partial charge in [0.15, 0.2) is 22.9 Å². The number of aliphatic hydroxyl groups is 1. The lowest BCUT2D eigenvalue weighted by atomic mass is 9.88. The Bertz CT molecular complexity index is 1360. The fourth-order valence-corrected chi connectivity index (χ4v) is 10.0. The Labute approximate surface area is 318 Å². The Morgan fingerprint density at radius 1 is 0.923 bits per heavy atom. The van der Waals surface area contributed by atoms with Gasteiger partial charge in [-0.3, -0.25) is 0 Å². The van der Waals surface area contributed by atoms with Gasteiger partial charge in [0, 0.05) is 18.6 Å². The molecule has 0 radical (unpaired) electrons. The molecule has 2 fully saturated rings. The summed E-state index contributed by atoms with van der Waals surface area (Å²) in [7, 11) is -4.11. The largest absolute Gasteiger partial charge is 0.410 e. The molecule has 0 unspecified atom stereocenters. The van der Waals surface area contributed by atoms with Gasteiger partial charge in [0.05, 0.1) is 43.2 Å². The van der Waals surface area contributed by atoms with Crippen LogP contribution in [0.5, 0.6) is 0 Å². The van der Waals surface area contributed by atoms with E-state index in [9.17, 15) is 5.11 Å². The van der Waals surface area contributed by atoms with Crippen LogP contribution < -0.4 is 0 Å². The number of hydrogen-bond donors (Lipinski definition) is 1. The van der Waals surface area contributed by atoms with Crippen molar-refractivity contribution in [2.45, 2.75) is 160 Å². The van der Waals surface area contributed by atoms with E-state index in [1.165, 1.54) is 5.56 Å². The standard InChI is InChI=1S/C43H70O7Si2/c1-32(40(44)33(2)26-28-45-30-34-20-14-12-15-21-34)19-18-24-36(49-52(10,11)42(3,4)5)29-39-43(6,50-51(7,8)9)27-25-37-38(47-39)31-46-41(48-37)35-22-16-13-17-23-35/h12-18,20-24,32-33,36-41,44H,19,25-31H2,1-11H3/b24-18-/t32-,33+,36-,37+,38-,39+,40+,41-,43-/m1/s1. The summed E-state index contributed by atoms with van der Waals surface area (Å²) >= 11 is 0. The number of rotatable bonds is 17. The maximum Gasteiger partial charge on any atom is 0.192 e. The molecule has 9 heteroatoms. The molecular weight excluding hydrogens is 685 g/mol. The minimum Gasteiger partial charge on any atom is -0.410 e. The maximum atomic E-state index is 11.3. The second-order valence-corrected chi connectivity index (χ2v) is 27.3. The van der Waals surface area contributed by atoms with E-state index < -0.39 is 34.6 Å². The van der Waals surface area contributed by atoms with Crippen molar-refractivity contribution in [3.63, 3.8) is 0 Å². The monoisotopic (exact) mass is 754 g/mol. The topological polar surface area (TPSA) is 75.6 Å². The molecule has 0 bridgehead atoms. The van der Waals surface area contributed by atoms with Gasteiger partial charge in [-0.05, 0) is 87.8 Å². The van der Waals surface area contributed by atoms with Crippen LogP contribution in [0.2, 0.25) is 37.8 Å². The first-order valence-electron chi connectivity index (χ1n) is 19.7. The molecule has 2 aromatic carbocycles. The molecule has 7 nitrogen and oxygen atoms in total. The van der Waals surface area contributed by atoms with Crippen LogP contribution in [0.4, 0.5) is 0 Å². The van der Waals surface area contributed by atoms with Crippen molar-refractivity contribution in [3.8, 4) is 0 Å². The zero-order valence-corrected chi connectivity index (χ0v) is 36.1. The molecule has 2 saturated heterocycles. The third-order valence-electron chi connectivity index (χ3n) is 11.2. The Kier molecular flexibility index (Phi) is 15.6. The molecule has 2 aromatic rings. The highest BCUT2D eigenvalue weighted by Crippen LogP contribution is 2.42. The van der Waals surface area contributed by atoms with Crippen molar-refractivity contribution < 1.29 is 32.9 Å². The summed E-state index contributed by atoms with van der Waals surface area (Å²) in [6.07, 6.45) is 6.88. The zero-order valence-electron chi connectivity index (χ0n) is 34.1. The normalized spacial score (nSPS) is 27.1. The predicted molar refractivity (Wildman–Crippen MR) is 216 cm³/mol. The van der Waals surface area contributed by atoms with E-state index in [0.29, 0.717) is 26.2 Å². The van der Waals surface area contributed by atoms with Gasteiger partial charge < -0.3 is 32.9 Å². The second kappa shape index (κ2) is 18.8. The van der Waals surface area contributed by atoms with E-state index in [2.05, 4.69) is 111 Å². The van der Waals surface area contributed by atoms with Crippen molar-refractivity contribution in [1.29, 1.82) is 0 Å². The molecular formula is C43H70O7Si2. The highest BCUT2D eigenvalue weighted by molar-refractivity contribution is 6.74. The lowest BCUT2D eigenvalue weighted by molar-refractivity contribution is -0.273. The minimum absolute atomic E-state index is 0.0472. The van der Waals surface area contributed by atoms with E-state index in [-0.39, 0.29) is 41.3 Å². The number of fused-ring (bicyclic) bond motifs is 1. The summed E-state index contributed by atoms with van der Waals surface area (Å²) < 4.78 is 40.0. The molecule has 1 N–H and O–H groups in total. The molecule has 2 heterocycles. The van der Waals surface area contributed by atoms with Crippen LogP contribution in [-0.2, 0) is 34.4 Å². The summed E-state index contributed by atoms with van der Waals surface area (Å²) in [6, 6.07) is 20.4. The molecule has 4 rings (SSSR count). The second-order valence-electron chi connectivity index (χ2n) is 18.1. The Morgan fingerprint density at radius 2 is 1.58 bits per heavy atom. The minimum atomic E-state index is -2.15. The van der Waals surface area contributed by atoms with E-state index in [4.69, 9.17) is 27.8 Å². The quantitative estimate of drug-likeness (QED) is 0.0979. The van der Waals surface area contributed by atoms with Crippen molar-refractivity contribution in [2.75, 3.05) is 13.2 Å². The number of aliphatic hydroxyl groups excluding tert-OH is 1. The van der Waals surface area contributed by atoms with Crippen LogP contribution in [0.1, 0.15) is 91.1 Å². The average Bonchev–Trinajstić information content (AvgIpc) is 3.20. The zero-order chi connectivity index (χ0) is 38.2. The Morgan fingerprint density at radius 3 is 2.21 bits per heavy atom. The smallest absolute Gasteiger partial charge is 0.192 e. The van der Waals surface area contributed by atoms with Crippen LogP contribution in [0, 0.1) is 11.8 Å². The predicted octanol–water partition coefficient (Wildman–Crippen LogP) is 10.2. The lowest BCUT2D eigenvalue weighted by Crippen LogP contribution is -2.52. The van der Waals surface area contributed by atoms with Gasteiger partial charge in [-0.2, -0.15) is 0 Å². The highest BCUT2D eigenvalue weighted by Gasteiger charge is 2.49. The molecule has 0 amide bonds. The summed E-state index contributed by atoms with van der Waals surface area (Å²) in [4.78, 5) is 0. The molecule has 0 aliphatic carbocycles. The maximum absolute atomic E-state index is 11.3. The third-order valence-corrected chi connectivity index (χ3v) is 16.8. The Hall–Kier alpha value is -1.67. The van der Waals surface area contributed by atoms with Gasteiger partial charge in [-0.1, -0.05) is 107 Å². The molecule has 0 saturated carbocycles. The van der Waals surface area contributed by atoms with E-state index in [0.717, 1.165) is 31.2 Å². The van der Waals surface area contributed by atoms with Crippen molar-refractivity contribution in [2.24, 2.45) is 11.8 Å². The van der Waals surface area contributed by atoms with E-state index in [1.807, 2.05) is 36.4 Å². The first kappa shape index (κ1) is 43.1. The van der Waals surface area contributed by atoms with Gasteiger partial charge in [0.1, 0.15) is 6.10 Å². The first-order valence-corrected chi connectivity index (χ1v) is 26.0. The fraction of sp³-hybridized carbons (Fsp3) is 0.674. The van der Waals surface area contributed by atoms with Crippen LogP contribution in [0.15, 0.2) is 72.8 Å². The summed E-state index contributed by atoms with van der Waals surface area (Å²) in [5.41, 5.74) is 1.70. The molecule has 2 aliphatic rings. The molecule has 0 spiro atoms. The first-order chi connectivity index (χ1) is 24.4. The number of benzene rings is 2. The van der Waals surface area contributed by atoms with Gasteiger partial charge in [0.25, 0.3) is 0 Å². The lowest BCUT2D eigenvalue weighted by Gasteiger charge is -2.44. The molecule has 292 valence electrons. The number of hydrogen-bond acceptors (Lipinski definition) is 7. The Balaban J connectivity index is 1.46. The van der Waals surface area contributed by atoms with Crippen LogP contribution in [0.25, 0.3) is 0 Å². The van der Waals surface area contributed by atoms with E-state index in [1.54, 1.807) is 0 Å². The third kappa shape index (κ3) is 12.7. The van der Waals surface area contributed by atoms with Gasteiger partial charge >= 0.3 is 0 Å². The summed E-state index contributed by atoms with van der Waals surface area (Å²) in [5, 5.41) is 11.3. The van der Waals surface area contributed by atoms with Gasteiger partial charge in [-0.15, -0.1) is 0 Å². The average molecular weight is 755 g/mol. The summed E-state index contributed by atoms with van der Waals surface area (Å²) in [6.45, 7) is 26.4. The highest BCUT2D eigenvalue weighted by atomic mass is 28.4. The van der Waals surface area contributed by atoms with Crippen molar-refractivity contribution in [3.05, 3.63) is 83.9 Å².